The molecule has 1 aliphatic carbocycles. The zero-order valence-electron chi connectivity index (χ0n) is 20.5. The van der Waals surface area contributed by atoms with Gasteiger partial charge in [-0.15, -0.1) is 0 Å². The van der Waals surface area contributed by atoms with E-state index in [0.717, 1.165) is 31.4 Å². The molecule has 1 saturated carbocycles. The van der Waals surface area contributed by atoms with Gasteiger partial charge < -0.3 is 14.5 Å². The van der Waals surface area contributed by atoms with E-state index in [1.54, 1.807) is 20.0 Å². The molecule has 1 aliphatic heterocycles. The second-order valence-electron chi connectivity index (χ2n) is 9.49. The molecule has 10 heteroatoms. The number of aromatic nitrogens is 2. The molecule has 0 unspecified atom stereocenters. The van der Waals surface area contributed by atoms with Crippen molar-refractivity contribution in [1.82, 2.24) is 14.1 Å². The van der Waals surface area contributed by atoms with Crippen LogP contribution in [0, 0.1) is 0 Å². The second-order valence-corrected chi connectivity index (χ2v) is 12.0. The van der Waals surface area contributed by atoms with Crippen LogP contribution < -0.4 is 20.1 Å². The summed E-state index contributed by atoms with van der Waals surface area (Å²) in [5.41, 5.74) is 1.99. The van der Waals surface area contributed by atoms with Gasteiger partial charge in [0.2, 0.25) is 15.8 Å². The highest BCUT2D eigenvalue weighted by Gasteiger charge is 2.31. The number of ether oxygens (including phenoxy) is 1. The summed E-state index contributed by atoms with van der Waals surface area (Å²) in [6.07, 6.45) is 5.74. The molecule has 0 amide bonds. The Morgan fingerprint density at radius 3 is 2.38 bits per heavy atom. The van der Waals surface area contributed by atoms with Gasteiger partial charge in [0, 0.05) is 46.0 Å². The maximum absolute atomic E-state index is 13.6. The highest BCUT2D eigenvalue weighted by molar-refractivity contribution is 7.89. The van der Waals surface area contributed by atoms with Gasteiger partial charge in [0.05, 0.1) is 23.2 Å². The van der Waals surface area contributed by atoms with Crippen molar-refractivity contribution in [3.63, 3.8) is 0 Å². The molecule has 2 heterocycles. The monoisotopic (exact) mass is 489 g/mol. The fourth-order valence-corrected chi connectivity index (χ4v) is 5.78. The topological polar surface area (TPSA) is 88.0 Å². The highest BCUT2D eigenvalue weighted by atomic mass is 32.2. The highest BCUT2D eigenvalue weighted by Crippen LogP contribution is 2.30. The minimum Gasteiger partial charge on any atom is -0.483 e. The Balaban J connectivity index is 1.67. The molecule has 1 saturated heterocycles. The van der Waals surface area contributed by atoms with Gasteiger partial charge in [-0.1, -0.05) is 6.07 Å². The van der Waals surface area contributed by atoms with E-state index in [-0.39, 0.29) is 11.7 Å². The van der Waals surface area contributed by atoms with E-state index in [2.05, 4.69) is 5.10 Å². The molecule has 2 fully saturated rings. The largest absolute Gasteiger partial charge is 0.483 e. The molecule has 34 heavy (non-hydrogen) atoms. The maximum Gasteiger partial charge on any atom is 0.316 e. The molecule has 0 spiro atoms. The molecule has 9 nitrogen and oxygen atoms in total. The third kappa shape index (κ3) is 4.93. The fraction of sp³-hybridized carbons (Fsp3) is 0.583. The number of hydrogen-bond donors (Lipinski definition) is 0. The van der Waals surface area contributed by atoms with Crippen LogP contribution in [0.3, 0.4) is 0 Å². The van der Waals surface area contributed by atoms with E-state index < -0.39 is 15.3 Å². The van der Waals surface area contributed by atoms with Crippen LogP contribution in [0.4, 0.5) is 11.4 Å². The van der Waals surface area contributed by atoms with Gasteiger partial charge in [0.15, 0.2) is 0 Å². The molecular formula is C24H35N5O4S. The van der Waals surface area contributed by atoms with Gasteiger partial charge >= 0.3 is 5.56 Å². The van der Waals surface area contributed by atoms with Crippen molar-refractivity contribution < 1.29 is 13.2 Å². The lowest BCUT2D eigenvalue weighted by Gasteiger charge is -2.36. The van der Waals surface area contributed by atoms with Crippen molar-refractivity contribution >= 4 is 21.4 Å². The van der Waals surface area contributed by atoms with Crippen molar-refractivity contribution in [3.8, 4) is 11.4 Å². The Bertz CT molecular complexity index is 1160. The van der Waals surface area contributed by atoms with E-state index in [0.29, 0.717) is 43.3 Å². The average Bonchev–Trinajstić information content (AvgIpc) is 3.33. The van der Waals surface area contributed by atoms with Crippen LogP contribution >= 0.6 is 0 Å². The van der Waals surface area contributed by atoms with Gasteiger partial charge in [-0.05, 0) is 57.7 Å². The predicted molar refractivity (Wildman–Crippen MR) is 135 cm³/mol. The van der Waals surface area contributed by atoms with Gasteiger partial charge in [0.25, 0.3) is 0 Å². The Kier molecular flexibility index (Phi) is 7.18. The first-order chi connectivity index (χ1) is 16.2. The van der Waals surface area contributed by atoms with Crippen LogP contribution in [-0.4, -0.2) is 74.1 Å². The lowest BCUT2D eigenvalue weighted by molar-refractivity contribution is 0.205. The molecule has 2 aromatic rings. The molecule has 1 aromatic carbocycles. The summed E-state index contributed by atoms with van der Waals surface area (Å²) in [7, 11) is 0.595. The van der Waals surface area contributed by atoms with Gasteiger partial charge in [-0.3, -0.25) is 4.79 Å². The van der Waals surface area contributed by atoms with Crippen LogP contribution in [0.15, 0.2) is 35.3 Å². The first-order valence-electron chi connectivity index (χ1n) is 12.0. The average molecular weight is 490 g/mol. The van der Waals surface area contributed by atoms with Crippen molar-refractivity contribution in [2.75, 3.05) is 50.1 Å². The Morgan fingerprint density at radius 1 is 1.09 bits per heavy atom. The third-order valence-electron chi connectivity index (χ3n) is 6.63. The van der Waals surface area contributed by atoms with Crippen LogP contribution in [0.2, 0.25) is 0 Å². The zero-order chi connectivity index (χ0) is 24.5. The minimum absolute atomic E-state index is 0.0121. The Hall–Kier alpha value is -2.59. The first-order valence-corrected chi connectivity index (χ1v) is 13.5. The molecule has 4 rings (SSSR count). The van der Waals surface area contributed by atoms with Crippen molar-refractivity contribution in [3.05, 3.63) is 40.8 Å². The summed E-state index contributed by atoms with van der Waals surface area (Å²) in [5.74, 6) is 0.303. The van der Waals surface area contributed by atoms with Crippen LogP contribution in [0.25, 0.3) is 5.69 Å². The maximum atomic E-state index is 13.6. The Morgan fingerprint density at radius 2 is 1.76 bits per heavy atom. The molecular weight excluding hydrogens is 454 g/mol. The summed E-state index contributed by atoms with van der Waals surface area (Å²) in [5, 5.41) is 4.03. The lowest BCUT2D eigenvalue weighted by atomic mass is 10.2. The van der Waals surface area contributed by atoms with Gasteiger partial charge in [-0.25, -0.2) is 8.42 Å². The molecule has 2 aliphatic rings. The molecule has 0 N–H and O–H groups in total. The van der Waals surface area contributed by atoms with Gasteiger partial charge in [0.1, 0.15) is 5.69 Å². The SMILES string of the molecule is CC(C)S(=O)(=O)N1CCN(c2cnn(-c3cccc(N(C)C)c3)c(=O)c2OC2CCCC2)CC1. The van der Waals surface area contributed by atoms with Crippen molar-refractivity contribution in [2.24, 2.45) is 0 Å². The summed E-state index contributed by atoms with van der Waals surface area (Å²) >= 11 is 0. The summed E-state index contributed by atoms with van der Waals surface area (Å²) < 4.78 is 34.4. The molecule has 1 aromatic heterocycles. The lowest BCUT2D eigenvalue weighted by Crippen LogP contribution is -2.50. The molecule has 186 valence electrons. The first kappa shape index (κ1) is 24.5. The molecule has 0 radical (unpaired) electrons. The van der Waals surface area contributed by atoms with Crippen molar-refractivity contribution in [1.29, 1.82) is 0 Å². The summed E-state index contributed by atoms with van der Waals surface area (Å²) in [6, 6.07) is 7.65. The molecule has 0 atom stereocenters. The van der Waals surface area contributed by atoms with Crippen LogP contribution in [-0.2, 0) is 10.0 Å². The number of sulfonamides is 1. The fourth-order valence-electron chi connectivity index (χ4n) is 4.51. The second kappa shape index (κ2) is 9.95. The standard InChI is InChI=1S/C24H35N5O4S/c1-18(2)34(31,32)28-14-12-27(13-15-28)22-17-25-29(20-9-7-8-19(16-20)26(3)4)24(30)23(22)33-21-10-5-6-11-21/h7-9,16-18,21H,5-6,10-15H2,1-4H3. The minimum atomic E-state index is -3.31. The van der Waals surface area contributed by atoms with E-state index in [4.69, 9.17) is 4.74 Å². The normalized spacial score (nSPS) is 18.0. The van der Waals surface area contributed by atoms with Crippen LogP contribution in [0.5, 0.6) is 5.75 Å². The van der Waals surface area contributed by atoms with E-state index in [1.807, 2.05) is 48.2 Å². The smallest absolute Gasteiger partial charge is 0.316 e. The number of rotatable bonds is 7. The van der Waals surface area contributed by atoms with E-state index in [9.17, 15) is 13.2 Å². The Labute approximate surface area is 202 Å². The number of hydrogen-bond acceptors (Lipinski definition) is 7. The number of anilines is 2. The summed E-state index contributed by atoms with van der Waals surface area (Å²) in [4.78, 5) is 17.6. The number of piperazine rings is 1. The quantitative estimate of drug-likeness (QED) is 0.590. The number of nitrogens with zero attached hydrogens (tertiary/aromatic N) is 5. The van der Waals surface area contributed by atoms with Crippen LogP contribution in [0.1, 0.15) is 39.5 Å². The summed E-state index contributed by atoms with van der Waals surface area (Å²) in [6.45, 7) is 5.10. The van der Waals surface area contributed by atoms with Gasteiger partial charge in [-0.2, -0.15) is 14.1 Å². The third-order valence-corrected chi connectivity index (χ3v) is 8.90. The predicted octanol–water partition coefficient (Wildman–Crippen LogP) is 2.48. The van der Waals surface area contributed by atoms with Crippen molar-refractivity contribution in [2.45, 2.75) is 50.9 Å². The number of benzene rings is 1. The molecule has 0 bridgehead atoms. The van der Waals surface area contributed by atoms with E-state index in [1.165, 1.54) is 8.99 Å². The van der Waals surface area contributed by atoms with E-state index >= 15 is 0 Å². The zero-order valence-corrected chi connectivity index (χ0v) is 21.3.